The first-order valence-electron chi connectivity index (χ1n) is 20.8. The lowest BCUT2D eigenvalue weighted by Gasteiger charge is -2.29. The van der Waals surface area contributed by atoms with E-state index in [1.54, 1.807) is 0 Å². The quantitative estimate of drug-likeness (QED) is 0.0926. The summed E-state index contributed by atoms with van der Waals surface area (Å²) in [4.78, 5) is 15.0. The van der Waals surface area contributed by atoms with Crippen molar-refractivity contribution in [1.29, 1.82) is 0 Å². The van der Waals surface area contributed by atoms with E-state index in [-0.39, 0.29) is 0 Å². The van der Waals surface area contributed by atoms with Crippen molar-refractivity contribution in [3.05, 3.63) is 0 Å². The van der Waals surface area contributed by atoms with Gasteiger partial charge in [-0.25, -0.2) is 0 Å². The molecule has 0 atom stereocenters. The Morgan fingerprint density at radius 1 is 0.308 bits per heavy atom. The number of hydrogen-bond donors (Lipinski definition) is 0. The van der Waals surface area contributed by atoms with Gasteiger partial charge < -0.3 is 47.7 Å². The highest BCUT2D eigenvalue weighted by molar-refractivity contribution is 4.67. The predicted molar refractivity (Wildman–Crippen MR) is 204 cm³/mol. The zero-order valence-corrected chi connectivity index (χ0v) is 32.8. The Morgan fingerprint density at radius 2 is 0.538 bits per heavy atom. The first-order valence-corrected chi connectivity index (χ1v) is 20.8. The Balaban J connectivity index is 1.14. The van der Waals surface area contributed by atoms with Gasteiger partial charge in [-0.15, -0.1) is 0 Å². The van der Waals surface area contributed by atoms with E-state index in [4.69, 9.17) is 37.9 Å². The van der Waals surface area contributed by atoms with Gasteiger partial charge in [-0.05, 0) is 25.7 Å². The van der Waals surface area contributed by atoms with E-state index in [1.165, 1.54) is 0 Å². The molecule has 4 aliphatic rings. The zero-order chi connectivity index (χ0) is 36.0. The normalized spacial score (nSPS) is 20.4. The van der Waals surface area contributed by atoms with Crippen molar-refractivity contribution in [1.82, 2.24) is 29.4 Å². The van der Waals surface area contributed by atoms with Gasteiger partial charge in [0.15, 0.2) is 0 Å². The fourth-order valence-electron chi connectivity index (χ4n) is 7.00. The second-order valence-electron chi connectivity index (χ2n) is 14.4. The predicted octanol–water partition coefficient (Wildman–Crippen LogP) is 0.546. The average Bonchev–Trinajstić information content (AvgIpc) is 3.20. The summed E-state index contributed by atoms with van der Waals surface area (Å²) in [6, 6.07) is 0. The molecule has 0 saturated carbocycles. The van der Waals surface area contributed by atoms with Gasteiger partial charge in [0.2, 0.25) is 0 Å². The molecule has 0 aromatic carbocycles. The minimum absolute atomic E-state index is 0.799. The van der Waals surface area contributed by atoms with Crippen LogP contribution in [0.5, 0.6) is 0 Å². The van der Waals surface area contributed by atoms with Crippen LogP contribution in [0.3, 0.4) is 0 Å². The molecule has 4 heterocycles. The molecule has 0 N–H and O–H groups in total. The molecule has 52 heavy (non-hydrogen) atoms. The van der Waals surface area contributed by atoms with E-state index in [0.29, 0.717) is 0 Å². The number of nitrogens with zero attached hydrogens (tertiary/aromatic N) is 6. The van der Waals surface area contributed by atoms with E-state index in [2.05, 4.69) is 29.4 Å². The van der Waals surface area contributed by atoms with Crippen molar-refractivity contribution in [2.45, 2.75) is 25.7 Å². The van der Waals surface area contributed by atoms with Gasteiger partial charge in [0.1, 0.15) is 0 Å². The van der Waals surface area contributed by atoms with Gasteiger partial charge >= 0.3 is 0 Å². The van der Waals surface area contributed by atoms with Gasteiger partial charge in [-0.1, -0.05) is 0 Å². The van der Waals surface area contributed by atoms with Crippen molar-refractivity contribution in [2.75, 3.05) is 224 Å². The smallest absolute Gasteiger partial charge is 0.0594 e. The molecular weight excluding hydrogens is 668 g/mol. The van der Waals surface area contributed by atoms with Crippen LogP contribution in [0.25, 0.3) is 0 Å². The van der Waals surface area contributed by atoms with Gasteiger partial charge in [-0.2, -0.15) is 0 Å². The van der Waals surface area contributed by atoms with Crippen LogP contribution in [-0.2, 0) is 37.9 Å². The van der Waals surface area contributed by atoms with Gasteiger partial charge in [0.05, 0.1) is 79.3 Å². The van der Waals surface area contributed by atoms with Crippen LogP contribution in [0.15, 0.2) is 0 Å². The topological polar surface area (TPSA) is 93.3 Å². The van der Waals surface area contributed by atoms with Crippen molar-refractivity contribution >= 4 is 0 Å². The number of rotatable bonds is 31. The summed E-state index contributed by atoms with van der Waals surface area (Å²) in [5.74, 6) is 0. The molecule has 4 aliphatic heterocycles. The monoisotopic (exact) mass is 745 g/mol. The summed E-state index contributed by atoms with van der Waals surface area (Å²) in [7, 11) is 0. The summed E-state index contributed by atoms with van der Waals surface area (Å²) < 4.78 is 46.2. The standard InChI is InChI=1S/C38H76N6O8/c1(23-45-27-11-41-15-31-49-32-16-41)5-39(6-2-24-46-28-12-42-17-33-50-34-18-42)9-10-40(7-3-25-47-29-13-43-19-35-51-36-20-43)8-4-26-48-30-14-44-21-37-52-38-22-44/h1-38H2. The highest BCUT2D eigenvalue weighted by atomic mass is 16.5. The lowest BCUT2D eigenvalue weighted by molar-refractivity contribution is 0.0171. The second kappa shape index (κ2) is 30.6. The molecule has 0 aliphatic carbocycles. The minimum atomic E-state index is 0.799. The first kappa shape index (κ1) is 44.2. The maximum absolute atomic E-state index is 6.07. The van der Waals surface area contributed by atoms with Crippen molar-refractivity contribution in [3.63, 3.8) is 0 Å². The molecule has 0 amide bonds. The van der Waals surface area contributed by atoms with E-state index < -0.39 is 0 Å². The van der Waals surface area contributed by atoms with Crippen LogP contribution in [0, 0.1) is 0 Å². The molecule has 4 fully saturated rings. The maximum Gasteiger partial charge on any atom is 0.0594 e. The zero-order valence-electron chi connectivity index (χ0n) is 32.8. The van der Waals surface area contributed by atoms with Gasteiger partial charge in [0, 0.05) is 144 Å². The molecule has 0 unspecified atom stereocenters. The maximum atomic E-state index is 6.07. The summed E-state index contributed by atoms with van der Waals surface area (Å²) in [6.07, 6.45) is 4.20. The van der Waals surface area contributed by atoms with Crippen molar-refractivity contribution in [3.8, 4) is 0 Å². The highest BCUT2D eigenvalue weighted by Gasteiger charge is 2.14. The molecule has 14 nitrogen and oxygen atoms in total. The molecule has 4 rings (SSSR count). The third-order valence-electron chi connectivity index (χ3n) is 10.4. The molecule has 306 valence electrons. The summed E-state index contributed by atoms with van der Waals surface area (Å²) >= 11 is 0. The summed E-state index contributed by atoms with van der Waals surface area (Å²) in [5, 5.41) is 0. The third kappa shape index (κ3) is 22.1. The Hall–Kier alpha value is -0.560. The largest absolute Gasteiger partial charge is 0.380 e. The summed E-state index contributed by atoms with van der Waals surface area (Å²) in [5.41, 5.74) is 0. The molecule has 0 aromatic heterocycles. The molecule has 0 spiro atoms. The second-order valence-corrected chi connectivity index (χ2v) is 14.4. The van der Waals surface area contributed by atoms with Crippen LogP contribution in [0.2, 0.25) is 0 Å². The van der Waals surface area contributed by atoms with E-state index >= 15 is 0 Å². The fraction of sp³-hybridized carbons (Fsp3) is 1.00. The Kier molecular flexibility index (Phi) is 26.0. The van der Waals surface area contributed by atoms with Crippen molar-refractivity contribution < 1.29 is 37.9 Å². The van der Waals surface area contributed by atoms with Crippen LogP contribution in [-0.4, -0.2) is 253 Å². The number of ether oxygens (including phenoxy) is 8. The molecule has 14 heteroatoms. The van der Waals surface area contributed by atoms with E-state index in [0.717, 1.165) is 249 Å². The van der Waals surface area contributed by atoms with Crippen molar-refractivity contribution in [2.24, 2.45) is 0 Å². The lowest BCUT2D eigenvalue weighted by atomic mass is 10.3. The van der Waals surface area contributed by atoms with Crippen LogP contribution in [0.1, 0.15) is 25.7 Å². The van der Waals surface area contributed by atoms with Crippen LogP contribution < -0.4 is 0 Å². The van der Waals surface area contributed by atoms with E-state index in [1.807, 2.05) is 0 Å². The molecular formula is C38H76N6O8. The number of morpholine rings is 4. The minimum Gasteiger partial charge on any atom is -0.380 e. The molecule has 0 aromatic rings. The molecule has 0 radical (unpaired) electrons. The van der Waals surface area contributed by atoms with E-state index in [9.17, 15) is 0 Å². The Morgan fingerprint density at radius 3 is 0.769 bits per heavy atom. The lowest BCUT2D eigenvalue weighted by Crippen LogP contribution is -2.39. The number of hydrogen-bond acceptors (Lipinski definition) is 14. The van der Waals surface area contributed by atoms with Gasteiger partial charge in [-0.3, -0.25) is 19.6 Å². The Bertz CT molecular complexity index is 677. The molecule has 0 bridgehead atoms. The van der Waals surface area contributed by atoms with Gasteiger partial charge in [0.25, 0.3) is 0 Å². The summed E-state index contributed by atoms with van der Waals surface area (Å²) in [6.45, 7) is 31.6. The van der Waals surface area contributed by atoms with Crippen LogP contribution in [0.4, 0.5) is 0 Å². The SMILES string of the molecule is C(COCCN1CCOCC1)CN(CCCOCCN1CCOCC1)CCN(CCCOCCN1CCOCC1)CCCOCCN1CCOCC1. The van der Waals surface area contributed by atoms with Crippen LogP contribution >= 0.6 is 0 Å². The first-order chi connectivity index (χ1) is 25.8. The average molecular weight is 745 g/mol. The highest BCUT2D eigenvalue weighted by Crippen LogP contribution is 2.04. The third-order valence-corrected chi connectivity index (χ3v) is 10.4. The molecule has 4 saturated heterocycles. The fourth-order valence-corrected chi connectivity index (χ4v) is 7.00. The Labute approximate surface area is 316 Å².